The molecule has 2 rings (SSSR count). The van der Waals surface area contributed by atoms with Crippen molar-refractivity contribution in [3.63, 3.8) is 0 Å². The lowest BCUT2D eigenvalue weighted by molar-refractivity contribution is 0.0701. The quantitative estimate of drug-likeness (QED) is 0.599. The van der Waals surface area contributed by atoms with Gasteiger partial charge < -0.3 is 14.6 Å². The van der Waals surface area contributed by atoms with Gasteiger partial charge in [-0.2, -0.15) is 0 Å². The summed E-state index contributed by atoms with van der Waals surface area (Å²) >= 11 is 1.20. The summed E-state index contributed by atoms with van der Waals surface area (Å²) < 4.78 is 11.2. The molecule has 136 valence electrons. The molecule has 0 amide bonds. The molecule has 0 radical (unpaired) electrons. The summed E-state index contributed by atoms with van der Waals surface area (Å²) in [6.45, 7) is 4.72. The Hall–Kier alpha value is -2.08. The number of unbranched alkanes of at least 4 members (excludes halogenated alkanes) is 3. The van der Waals surface area contributed by atoms with Gasteiger partial charge in [0.25, 0.3) is 0 Å². The van der Waals surface area contributed by atoms with E-state index in [1.807, 2.05) is 25.1 Å². The molecule has 6 heteroatoms. The van der Waals surface area contributed by atoms with Crippen molar-refractivity contribution in [2.75, 3.05) is 13.7 Å². The van der Waals surface area contributed by atoms with Crippen LogP contribution in [-0.4, -0.2) is 29.8 Å². The summed E-state index contributed by atoms with van der Waals surface area (Å²) in [6.07, 6.45) is 5.13. The summed E-state index contributed by atoms with van der Waals surface area (Å²) in [4.78, 5) is 16.1. The summed E-state index contributed by atoms with van der Waals surface area (Å²) in [5, 5.41) is 9.99. The molecule has 0 atom stereocenters. The lowest BCUT2D eigenvalue weighted by Gasteiger charge is -2.11. The van der Waals surface area contributed by atoms with E-state index in [9.17, 15) is 9.90 Å². The van der Waals surface area contributed by atoms with Gasteiger partial charge in [0.2, 0.25) is 0 Å². The molecule has 0 aliphatic rings. The lowest BCUT2D eigenvalue weighted by atomic mass is 10.2. The largest absolute Gasteiger partial charge is 0.493 e. The first-order valence-corrected chi connectivity index (χ1v) is 9.46. The molecule has 0 spiro atoms. The van der Waals surface area contributed by atoms with Crippen molar-refractivity contribution in [3.8, 4) is 22.1 Å². The van der Waals surface area contributed by atoms with E-state index >= 15 is 0 Å². The number of ether oxygens (including phenoxy) is 2. The number of carboxylic acids is 1. The predicted molar refractivity (Wildman–Crippen MR) is 100 cm³/mol. The summed E-state index contributed by atoms with van der Waals surface area (Å²) in [5.74, 6) is 0.410. The highest BCUT2D eigenvalue weighted by Gasteiger charge is 2.18. The van der Waals surface area contributed by atoms with E-state index in [0.717, 1.165) is 18.4 Å². The average Bonchev–Trinajstić information content (AvgIpc) is 3.06. The number of aromatic nitrogens is 1. The third-order valence-electron chi connectivity index (χ3n) is 3.89. The van der Waals surface area contributed by atoms with E-state index in [1.165, 1.54) is 24.2 Å². The van der Waals surface area contributed by atoms with Gasteiger partial charge in [0.05, 0.1) is 19.4 Å². The maximum atomic E-state index is 11.3. The fourth-order valence-corrected chi connectivity index (χ4v) is 3.50. The van der Waals surface area contributed by atoms with Crippen LogP contribution in [0.25, 0.3) is 10.6 Å². The van der Waals surface area contributed by atoms with Crippen LogP contribution in [0.2, 0.25) is 0 Å². The number of nitrogens with zero attached hydrogens (tertiary/aromatic N) is 1. The number of rotatable bonds is 10. The van der Waals surface area contributed by atoms with Crippen LogP contribution in [0.3, 0.4) is 0 Å². The van der Waals surface area contributed by atoms with Crippen molar-refractivity contribution in [1.29, 1.82) is 0 Å². The average molecular weight is 363 g/mol. The third kappa shape index (κ3) is 4.95. The van der Waals surface area contributed by atoms with Crippen LogP contribution in [0.5, 0.6) is 11.5 Å². The Morgan fingerprint density at radius 1 is 1.20 bits per heavy atom. The second kappa shape index (κ2) is 9.42. The van der Waals surface area contributed by atoms with Gasteiger partial charge in [0, 0.05) is 5.56 Å². The minimum Gasteiger partial charge on any atom is -0.493 e. The van der Waals surface area contributed by atoms with Gasteiger partial charge in [-0.25, -0.2) is 9.78 Å². The van der Waals surface area contributed by atoms with Crippen molar-refractivity contribution < 1.29 is 19.4 Å². The van der Waals surface area contributed by atoms with E-state index < -0.39 is 5.97 Å². The Morgan fingerprint density at radius 2 is 2.00 bits per heavy atom. The number of aryl methyl sites for hydroxylation is 1. The first kappa shape index (κ1) is 19.2. The minimum absolute atomic E-state index is 0.301. The molecule has 0 bridgehead atoms. The number of methoxy groups -OCH3 is 1. The van der Waals surface area contributed by atoms with Crippen molar-refractivity contribution in [3.05, 3.63) is 28.8 Å². The number of carbonyl (C=O) groups is 1. The van der Waals surface area contributed by atoms with Gasteiger partial charge in [0.15, 0.2) is 11.5 Å². The summed E-state index contributed by atoms with van der Waals surface area (Å²) in [5.41, 5.74) is 1.46. The zero-order valence-corrected chi connectivity index (χ0v) is 15.8. The van der Waals surface area contributed by atoms with Crippen molar-refractivity contribution in [1.82, 2.24) is 4.98 Å². The van der Waals surface area contributed by atoms with Gasteiger partial charge in [0.1, 0.15) is 9.88 Å². The maximum absolute atomic E-state index is 11.3. The fraction of sp³-hybridized carbons (Fsp3) is 0.474. The molecule has 1 aromatic carbocycles. The Kier molecular flexibility index (Phi) is 7.25. The molecule has 0 saturated heterocycles. The number of carboxylic acid groups (broad SMARTS) is 1. The topological polar surface area (TPSA) is 68.7 Å². The third-order valence-corrected chi connectivity index (χ3v) is 5.03. The molecule has 0 aliphatic carbocycles. The second-order valence-electron chi connectivity index (χ2n) is 5.73. The van der Waals surface area contributed by atoms with E-state index in [2.05, 4.69) is 11.9 Å². The minimum atomic E-state index is -0.929. The van der Waals surface area contributed by atoms with E-state index in [1.54, 1.807) is 7.11 Å². The Labute approximate surface area is 152 Å². The van der Waals surface area contributed by atoms with Gasteiger partial charge in [-0.3, -0.25) is 0 Å². The number of hydrogen-bond acceptors (Lipinski definition) is 5. The van der Waals surface area contributed by atoms with Crippen molar-refractivity contribution in [2.24, 2.45) is 0 Å². The standard InChI is InChI=1S/C19H25NO4S/c1-4-6-7-8-11-24-16-12-13(9-10-15(16)23-3)18-20-14(5-2)17(25-18)19(21)22/h9-10,12H,4-8,11H2,1-3H3,(H,21,22). The highest BCUT2D eigenvalue weighted by atomic mass is 32.1. The van der Waals surface area contributed by atoms with E-state index in [4.69, 9.17) is 9.47 Å². The van der Waals surface area contributed by atoms with E-state index in [0.29, 0.717) is 40.1 Å². The zero-order chi connectivity index (χ0) is 18.2. The molecule has 1 aromatic heterocycles. The first-order chi connectivity index (χ1) is 12.1. The van der Waals surface area contributed by atoms with Crippen LogP contribution >= 0.6 is 11.3 Å². The number of aromatic carboxylic acids is 1. The number of benzene rings is 1. The molecule has 0 aliphatic heterocycles. The summed E-state index contributed by atoms with van der Waals surface area (Å²) in [6, 6.07) is 5.60. The smallest absolute Gasteiger partial charge is 0.347 e. The first-order valence-electron chi connectivity index (χ1n) is 8.64. The molecule has 25 heavy (non-hydrogen) atoms. The Morgan fingerprint density at radius 3 is 2.60 bits per heavy atom. The monoisotopic (exact) mass is 363 g/mol. The molecule has 1 N–H and O–H groups in total. The number of hydrogen-bond donors (Lipinski definition) is 1. The summed E-state index contributed by atoms with van der Waals surface area (Å²) in [7, 11) is 1.61. The maximum Gasteiger partial charge on any atom is 0.347 e. The molecular formula is C19H25NO4S. The molecule has 0 unspecified atom stereocenters. The molecule has 0 fully saturated rings. The predicted octanol–water partition coefficient (Wildman–Crippen LogP) is 5.04. The van der Waals surface area contributed by atoms with Crippen molar-refractivity contribution >= 4 is 17.3 Å². The fourth-order valence-electron chi connectivity index (χ4n) is 2.52. The molecular weight excluding hydrogens is 338 g/mol. The van der Waals surface area contributed by atoms with Gasteiger partial charge in [-0.15, -0.1) is 11.3 Å². The molecule has 2 aromatic rings. The van der Waals surface area contributed by atoms with Crippen LogP contribution in [0.15, 0.2) is 18.2 Å². The Balaban J connectivity index is 2.21. The van der Waals surface area contributed by atoms with Crippen molar-refractivity contribution in [2.45, 2.75) is 46.0 Å². The molecule has 5 nitrogen and oxygen atoms in total. The SMILES string of the molecule is CCCCCCOc1cc(-c2nc(CC)c(C(=O)O)s2)ccc1OC. The zero-order valence-electron chi connectivity index (χ0n) is 15.0. The Bertz CT molecular complexity index is 711. The normalized spacial score (nSPS) is 10.7. The highest BCUT2D eigenvalue weighted by molar-refractivity contribution is 7.17. The van der Waals surface area contributed by atoms with Gasteiger partial charge in [-0.1, -0.05) is 33.1 Å². The van der Waals surface area contributed by atoms with Crippen LogP contribution in [0, 0.1) is 0 Å². The molecule has 0 saturated carbocycles. The van der Waals surface area contributed by atoms with Crippen LogP contribution in [0.1, 0.15) is 54.9 Å². The number of thiazole rings is 1. The lowest BCUT2D eigenvalue weighted by Crippen LogP contribution is -1.99. The van der Waals surface area contributed by atoms with Gasteiger partial charge >= 0.3 is 5.97 Å². The second-order valence-corrected chi connectivity index (χ2v) is 6.73. The molecule has 1 heterocycles. The van der Waals surface area contributed by atoms with E-state index in [-0.39, 0.29) is 0 Å². The van der Waals surface area contributed by atoms with Crippen LogP contribution in [-0.2, 0) is 6.42 Å². The van der Waals surface area contributed by atoms with Crippen LogP contribution in [0.4, 0.5) is 0 Å². The van der Waals surface area contributed by atoms with Crippen LogP contribution < -0.4 is 9.47 Å². The highest BCUT2D eigenvalue weighted by Crippen LogP contribution is 2.35. The van der Waals surface area contributed by atoms with Gasteiger partial charge in [-0.05, 0) is 31.0 Å².